The zero-order valence-corrected chi connectivity index (χ0v) is 19.4. The van der Waals surface area contributed by atoms with E-state index in [1.54, 1.807) is 24.3 Å². The average Bonchev–Trinajstić information content (AvgIpc) is 3.57. The number of methoxy groups -OCH3 is 1. The van der Waals surface area contributed by atoms with Crippen LogP contribution >= 0.6 is 15.9 Å². The van der Waals surface area contributed by atoms with Crippen LogP contribution < -0.4 is 14.8 Å². The van der Waals surface area contributed by atoms with E-state index in [0.717, 1.165) is 12.8 Å². The Bertz CT molecular complexity index is 1250. The number of rotatable bonds is 9. The van der Waals surface area contributed by atoms with Crippen molar-refractivity contribution in [2.45, 2.75) is 31.7 Å². The number of hydrogen-bond acceptors (Lipinski definition) is 6. The maximum Gasteiger partial charge on any atom is 0.283 e. The number of ether oxygens (including phenoxy) is 2. The number of halogens is 3. The van der Waals surface area contributed by atoms with Gasteiger partial charge in [-0.15, -0.1) is 0 Å². The summed E-state index contributed by atoms with van der Waals surface area (Å²) in [4.78, 5) is 23.5. The second-order valence-electron chi connectivity index (χ2n) is 7.59. The smallest absolute Gasteiger partial charge is 0.283 e. The van der Waals surface area contributed by atoms with Crippen LogP contribution in [0.4, 0.5) is 20.2 Å². The van der Waals surface area contributed by atoms with Crippen molar-refractivity contribution in [2.75, 3.05) is 12.4 Å². The quantitative estimate of drug-likeness (QED) is 0.273. The van der Waals surface area contributed by atoms with E-state index in [1.165, 1.54) is 30.0 Å². The highest BCUT2D eigenvalue weighted by atomic mass is 79.9. The number of para-hydroxylation sites is 2. The highest BCUT2D eigenvalue weighted by molar-refractivity contribution is 9.10. The first-order valence-electron chi connectivity index (χ1n) is 10.2. The van der Waals surface area contributed by atoms with Crippen molar-refractivity contribution in [1.29, 1.82) is 0 Å². The molecule has 0 spiro atoms. The molecular weight excluding hydrogens is 518 g/mol. The Labute approximate surface area is 200 Å². The molecule has 3 aromatic rings. The predicted octanol–water partition coefficient (Wildman–Crippen LogP) is 5.81. The van der Waals surface area contributed by atoms with E-state index < -0.39 is 22.9 Å². The van der Waals surface area contributed by atoms with Gasteiger partial charge in [-0.2, -0.15) is 5.10 Å². The first kappa shape index (κ1) is 23.6. The van der Waals surface area contributed by atoms with Gasteiger partial charge in [0.05, 0.1) is 34.0 Å². The van der Waals surface area contributed by atoms with Gasteiger partial charge >= 0.3 is 0 Å². The van der Waals surface area contributed by atoms with Crippen LogP contribution in [0, 0.1) is 10.1 Å². The van der Waals surface area contributed by atoms with Gasteiger partial charge in [0, 0.05) is 18.1 Å². The molecule has 2 aromatic carbocycles. The molecule has 0 saturated heterocycles. The molecule has 0 bridgehead atoms. The highest BCUT2D eigenvalue weighted by Gasteiger charge is 2.34. The summed E-state index contributed by atoms with van der Waals surface area (Å²) in [5.74, 6) is 0.334. The van der Waals surface area contributed by atoms with E-state index in [2.05, 4.69) is 26.3 Å². The summed E-state index contributed by atoms with van der Waals surface area (Å²) in [6.45, 7) is -0.331. The van der Waals surface area contributed by atoms with Gasteiger partial charge in [0.1, 0.15) is 18.0 Å². The first-order chi connectivity index (χ1) is 16.3. The lowest BCUT2D eigenvalue weighted by atomic mass is 10.2. The fourth-order valence-corrected chi connectivity index (χ4v) is 4.25. The third-order valence-corrected chi connectivity index (χ3v) is 5.92. The lowest BCUT2D eigenvalue weighted by Gasteiger charge is -2.12. The third kappa shape index (κ3) is 5.16. The Morgan fingerprint density at radius 2 is 2.00 bits per heavy atom. The van der Waals surface area contributed by atoms with Gasteiger partial charge < -0.3 is 14.8 Å². The number of carbonyl (C=O) groups excluding carboxylic acids is 1. The van der Waals surface area contributed by atoms with Crippen molar-refractivity contribution in [3.05, 3.63) is 68.4 Å². The van der Waals surface area contributed by atoms with Crippen molar-refractivity contribution >= 4 is 33.2 Å². The molecule has 0 aliphatic heterocycles. The van der Waals surface area contributed by atoms with Crippen LogP contribution in [0.15, 0.2) is 46.9 Å². The van der Waals surface area contributed by atoms with E-state index in [9.17, 15) is 23.7 Å². The molecule has 1 aromatic heterocycles. The molecule has 12 heteroatoms. The van der Waals surface area contributed by atoms with Gasteiger partial charge in [-0.05, 0) is 40.9 Å². The molecule has 9 nitrogen and oxygen atoms in total. The number of hydrogen-bond donors (Lipinski definition) is 1. The minimum Gasteiger partial charge on any atom is -0.493 e. The van der Waals surface area contributed by atoms with Crippen molar-refractivity contribution in [3.63, 3.8) is 0 Å². The number of non-ortho nitro benzene ring substituents is 1. The van der Waals surface area contributed by atoms with Gasteiger partial charge in [0.15, 0.2) is 11.5 Å². The van der Waals surface area contributed by atoms with Gasteiger partial charge in [-0.3, -0.25) is 19.6 Å². The fraction of sp³-hybridized carbons (Fsp3) is 0.273. The molecule has 0 unspecified atom stereocenters. The minimum absolute atomic E-state index is 0.0563. The minimum atomic E-state index is -2.79. The van der Waals surface area contributed by atoms with E-state index in [0.29, 0.717) is 17.2 Å². The zero-order chi connectivity index (χ0) is 24.4. The number of nitro benzene ring substituents is 1. The standard InChI is InChI=1S/C22H19BrF2N4O5/c1-33-16-4-2-3-5-17(16)34-15-9-13(8-14(10-15)29(31)32)26-18(30)11-28-21(12-6-7-12)19(23)20(27-28)22(24)25/h2-5,8-10,12,22H,6-7,11H2,1H3,(H,26,30). The molecule has 1 fully saturated rings. The largest absolute Gasteiger partial charge is 0.493 e. The summed E-state index contributed by atoms with van der Waals surface area (Å²) in [6, 6.07) is 10.6. The van der Waals surface area contributed by atoms with E-state index in [1.807, 2.05) is 0 Å². The van der Waals surface area contributed by atoms with Crippen LogP contribution in [0.2, 0.25) is 0 Å². The maximum absolute atomic E-state index is 13.3. The Morgan fingerprint density at radius 1 is 1.29 bits per heavy atom. The number of anilines is 1. The van der Waals surface area contributed by atoms with Crippen LogP contribution in [0.5, 0.6) is 17.2 Å². The maximum atomic E-state index is 13.3. The third-order valence-electron chi connectivity index (χ3n) is 5.10. The average molecular weight is 537 g/mol. The van der Waals surface area contributed by atoms with E-state index >= 15 is 0 Å². The monoisotopic (exact) mass is 536 g/mol. The lowest BCUT2D eigenvalue weighted by molar-refractivity contribution is -0.384. The van der Waals surface area contributed by atoms with Crippen molar-refractivity contribution in [2.24, 2.45) is 0 Å². The summed E-state index contributed by atoms with van der Waals surface area (Å²) in [6.07, 6.45) is -1.14. The Balaban J connectivity index is 1.57. The molecule has 0 radical (unpaired) electrons. The van der Waals surface area contributed by atoms with Crippen LogP contribution in [0.25, 0.3) is 0 Å². The first-order valence-corrected chi connectivity index (χ1v) is 11.0. The lowest BCUT2D eigenvalue weighted by Crippen LogP contribution is -2.21. The second-order valence-corrected chi connectivity index (χ2v) is 8.38. The molecule has 1 heterocycles. The fourth-order valence-electron chi connectivity index (χ4n) is 3.47. The second kappa shape index (κ2) is 9.75. The van der Waals surface area contributed by atoms with E-state index in [-0.39, 0.29) is 34.1 Å². The van der Waals surface area contributed by atoms with Crippen LogP contribution in [0.1, 0.15) is 36.6 Å². The zero-order valence-electron chi connectivity index (χ0n) is 17.8. The number of aromatic nitrogens is 2. The highest BCUT2D eigenvalue weighted by Crippen LogP contribution is 2.45. The Morgan fingerprint density at radius 3 is 2.62 bits per heavy atom. The SMILES string of the molecule is COc1ccccc1Oc1cc(NC(=O)Cn2nc(C(F)F)c(Br)c2C2CC2)cc([N+](=O)[O-])c1. The van der Waals surface area contributed by atoms with Gasteiger partial charge in [-0.25, -0.2) is 8.78 Å². The Kier molecular flexibility index (Phi) is 6.77. The number of nitrogens with zero attached hydrogens (tertiary/aromatic N) is 3. The van der Waals surface area contributed by atoms with Crippen LogP contribution in [0.3, 0.4) is 0 Å². The molecule has 0 atom stereocenters. The molecule has 1 saturated carbocycles. The molecule has 178 valence electrons. The number of nitro groups is 1. The van der Waals surface area contributed by atoms with Crippen molar-refractivity contribution in [1.82, 2.24) is 9.78 Å². The molecular formula is C22H19BrF2N4O5. The Hall–Kier alpha value is -3.54. The number of benzene rings is 2. The normalized spacial score (nSPS) is 13.1. The summed E-state index contributed by atoms with van der Waals surface area (Å²) in [5.41, 5.74) is -0.0669. The van der Waals surface area contributed by atoms with Crippen molar-refractivity contribution in [3.8, 4) is 17.2 Å². The van der Waals surface area contributed by atoms with Gasteiger partial charge in [-0.1, -0.05) is 12.1 Å². The number of amides is 1. The number of nitrogens with one attached hydrogen (secondary N) is 1. The summed E-state index contributed by atoms with van der Waals surface area (Å²) >= 11 is 3.18. The molecule has 34 heavy (non-hydrogen) atoms. The molecule has 1 aliphatic carbocycles. The molecule has 1 amide bonds. The summed E-state index contributed by atoms with van der Waals surface area (Å²) < 4.78 is 39.0. The van der Waals surface area contributed by atoms with Gasteiger partial charge in [0.2, 0.25) is 5.91 Å². The molecule has 4 rings (SSSR count). The molecule has 1 N–H and O–H groups in total. The van der Waals surface area contributed by atoms with Gasteiger partial charge in [0.25, 0.3) is 12.1 Å². The topological polar surface area (TPSA) is 109 Å². The molecule has 1 aliphatic rings. The van der Waals surface area contributed by atoms with E-state index in [4.69, 9.17) is 9.47 Å². The van der Waals surface area contributed by atoms with Crippen molar-refractivity contribution < 1.29 is 28.0 Å². The predicted molar refractivity (Wildman–Crippen MR) is 122 cm³/mol. The number of alkyl halides is 2. The van der Waals surface area contributed by atoms with Crippen LogP contribution in [-0.2, 0) is 11.3 Å². The number of carbonyl (C=O) groups is 1. The summed E-state index contributed by atoms with van der Waals surface area (Å²) in [5, 5.41) is 17.9. The summed E-state index contributed by atoms with van der Waals surface area (Å²) in [7, 11) is 1.46. The van der Waals surface area contributed by atoms with Crippen LogP contribution in [-0.4, -0.2) is 27.7 Å².